The second-order valence-corrected chi connectivity index (χ2v) is 6.48. The predicted octanol–water partition coefficient (Wildman–Crippen LogP) is 2.45. The largest absolute Gasteiger partial charge is 0.448 e. The molecule has 0 bridgehead atoms. The number of fused-ring (bicyclic) bond motifs is 2. The third kappa shape index (κ3) is 3.30. The van der Waals surface area contributed by atoms with Crippen molar-refractivity contribution >= 4 is 22.8 Å². The summed E-state index contributed by atoms with van der Waals surface area (Å²) < 4.78 is 21.1. The molecule has 0 atom stereocenters. The number of hydrogen-bond donors (Lipinski definition) is 1. The number of nitrogens with one attached hydrogen (secondary N) is 1. The Labute approximate surface area is 154 Å². The van der Waals surface area contributed by atoms with E-state index in [1.54, 1.807) is 30.0 Å². The van der Waals surface area contributed by atoms with E-state index in [4.69, 9.17) is 4.42 Å². The number of hydrogen-bond acceptors (Lipinski definition) is 4. The van der Waals surface area contributed by atoms with Gasteiger partial charge in [0, 0.05) is 18.4 Å². The first-order valence-electron chi connectivity index (χ1n) is 8.85. The fourth-order valence-corrected chi connectivity index (χ4v) is 3.19. The standard InChI is InChI=1S/C19H19FN4O3/c1-2-17(25)21-10-13-9-14-11-23(6-7-24(14)22-13)19(26)16-8-12-4-3-5-15(20)18(12)27-16/h3-5,8-9H,2,6-7,10-11H2,1H3,(H,21,25). The average Bonchev–Trinajstić information content (AvgIpc) is 3.29. The Morgan fingerprint density at radius 1 is 1.30 bits per heavy atom. The molecule has 27 heavy (non-hydrogen) atoms. The number of carbonyl (C=O) groups is 2. The second-order valence-electron chi connectivity index (χ2n) is 6.48. The molecule has 1 aliphatic rings. The summed E-state index contributed by atoms with van der Waals surface area (Å²) in [5.74, 6) is -0.672. The van der Waals surface area contributed by atoms with Crippen molar-refractivity contribution < 1.29 is 18.4 Å². The number of carbonyl (C=O) groups excluding carboxylic acids is 2. The van der Waals surface area contributed by atoms with Crippen LogP contribution >= 0.6 is 0 Å². The zero-order chi connectivity index (χ0) is 19.0. The van der Waals surface area contributed by atoms with Gasteiger partial charge in [-0.2, -0.15) is 5.10 Å². The first-order chi connectivity index (χ1) is 13.0. The molecule has 4 rings (SSSR count). The first kappa shape index (κ1) is 17.3. The minimum absolute atomic E-state index is 0.0325. The van der Waals surface area contributed by atoms with Crippen LogP contribution in [0.4, 0.5) is 4.39 Å². The van der Waals surface area contributed by atoms with E-state index in [1.807, 2.05) is 10.7 Å². The van der Waals surface area contributed by atoms with Gasteiger partial charge in [0.25, 0.3) is 5.91 Å². The van der Waals surface area contributed by atoms with Crippen molar-refractivity contribution in [3.8, 4) is 0 Å². The van der Waals surface area contributed by atoms with Crippen LogP contribution in [0.1, 0.15) is 35.3 Å². The molecule has 1 aromatic carbocycles. The molecule has 3 heterocycles. The Hall–Kier alpha value is -3.16. The summed E-state index contributed by atoms with van der Waals surface area (Å²) in [4.78, 5) is 25.8. The van der Waals surface area contributed by atoms with Gasteiger partial charge in [-0.1, -0.05) is 19.1 Å². The fraction of sp³-hybridized carbons (Fsp3) is 0.316. The highest BCUT2D eigenvalue weighted by Crippen LogP contribution is 2.24. The molecular weight excluding hydrogens is 351 g/mol. The highest BCUT2D eigenvalue weighted by atomic mass is 19.1. The quantitative estimate of drug-likeness (QED) is 0.765. The lowest BCUT2D eigenvalue weighted by molar-refractivity contribution is -0.120. The topological polar surface area (TPSA) is 80.4 Å². The lowest BCUT2D eigenvalue weighted by Gasteiger charge is -2.26. The minimum atomic E-state index is -0.484. The van der Waals surface area contributed by atoms with Crippen LogP contribution in [0.3, 0.4) is 0 Å². The highest BCUT2D eigenvalue weighted by molar-refractivity contribution is 5.96. The van der Waals surface area contributed by atoms with Gasteiger partial charge in [-0.15, -0.1) is 0 Å². The maximum absolute atomic E-state index is 13.8. The molecule has 2 aromatic heterocycles. The van der Waals surface area contributed by atoms with Crippen LogP contribution in [0, 0.1) is 5.82 Å². The van der Waals surface area contributed by atoms with Crippen molar-refractivity contribution in [2.75, 3.05) is 6.54 Å². The summed E-state index contributed by atoms with van der Waals surface area (Å²) in [5, 5.41) is 7.82. The molecule has 0 fully saturated rings. The molecule has 1 aliphatic heterocycles. The van der Waals surface area contributed by atoms with E-state index < -0.39 is 5.82 Å². The van der Waals surface area contributed by atoms with E-state index in [9.17, 15) is 14.0 Å². The summed E-state index contributed by atoms with van der Waals surface area (Å²) in [6, 6.07) is 8.05. The van der Waals surface area contributed by atoms with E-state index in [-0.39, 0.29) is 23.2 Å². The number of halogens is 1. The van der Waals surface area contributed by atoms with Crippen LogP contribution in [-0.2, 0) is 24.4 Å². The zero-order valence-corrected chi connectivity index (χ0v) is 14.9. The summed E-state index contributed by atoms with van der Waals surface area (Å²) in [6.07, 6.45) is 0.425. The lowest BCUT2D eigenvalue weighted by atomic mass is 10.2. The van der Waals surface area contributed by atoms with Gasteiger partial charge in [0.15, 0.2) is 17.2 Å². The summed E-state index contributed by atoms with van der Waals surface area (Å²) in [5.41, 5.74) is 1.74. The molecule has 1 N–H and O–H groups in total. The molecule has 0 spiro atoms. The normalized spacial score (nSPS) is 13.6. The molecule has 8 heteroatoms. The van der Waals surface area contributed by atoms with Gasteiger partial charge in [-0.3, -0.25) is 14.3 Å². The Morgan fingerprint density at radius 3 is 2.93 bits per heavy atom. The molecule has 140 valence electrons. The number of rotatable bonds is 4. The molecule has 3 aromatic rings. The number of nitrogens with zero attached hydrogens (tertiary/aromatic N) is 3. The van der Waals surface area contributed by atoms with E-state index in [1.165, 1.54) is 6.07 Å². The van der Waals surface area contributed by atoms with Crippen molar-refractivity contribution in [1.29, 1.82) is 0 Å². The van der Waals surface area contributed by atoms with Crippen molar-refractivity contribution in [3.05, 3.63) is 53.3 Å². The Bertz CT molecular complexity index is 1020. The maximum Gasteiger partial charge on any atom is 0.290 e. The van der Waals surface area contributed by atoms with Gasteiger partial charge in [-0.25, -0.2) is 4.39 Å². The number of amides is 2. The smallest absolute Gasteiger partial charge is 0.290 e. The summed E-state index contributed by atoms with van der Waals surface area (Å²) >= 11 is 0. The van der Waals surface area contributed by atoms with Gasteiger partial charge < -0.3 is 14.6 Å². The first-order valence-corrected chi connectivity index (χ1v) is 8.85. The van der Waals surface area contributed by atoms with E-state index >= 15 is 0 Å². The third-order valence-electron chi connectivity index (χ3n) is 4.63. The van der Waals surface area contributed by atoms with E-state index in [0.717, 1.165) is 11.4 Å². The van der Waals surface area contributed by atoms with Gasteiger partial charge in [0.05, 0.1) is 31.0 Å². The third-order valence-corrected chi connectivity index (χ3v) is 4.63. The molecule has 0 saturated carbocycles. The molecule has 0 unspecified atom stereocenters. The molecule has 0 saturated heterocycles. The van der Waals surface area contributed by atoms with Crippen LogP contribution in [0.25, 0.3) is 11.0 Å². The van der Waals surface area contributed by atoms with Crippen molar-refractivity contribution in [1.82, 2.24) is 20.0 Å². The summed E-state index contributed by atoms with van der Waals surface area (Å²) in [7, 11) is 0. The SMILES string of the molecule is CCC(=O)NCc1cc2n(n1)CCN(C(=O)c1cc3cccc(F)c3o1)C2. The number of aromatic nitrogens is 2. The van der Waals surface area contributed by atoms with Crippen molar-refractivity contribution in [2.24, 2.45) is 0 Å². The minimum Gasteiger partial charge on any atom is -0.448 e. The van der Waals surface area contributed by atoms with Gasteiger partial charge in [0.2, 0.25) is 5.91 Å². The second kappa shape index (κ2) is 6.86. The van der Waals surface area contributed by atoms with E-state index in [0.29, 0.717) is 38.0 Å². The molecule has 0 radical (unpaired) electrons. The monoisotopic (exact) mass is 370 g/mol. The molecule has 2 amide bonds. The van der Waals surface area contributed by atoms with Crippen LogP contribution in [-0.4, -0.2) is 33.0 Å². The Kier molecular flexibility index (Phi) is 4.39. The van der Waals surface area contributed by atoms with Gasteiger partial charge in [-0.05, 0) is 18.2 Å². The number of benzene rings is 1. The van der Waals surface area contributed by atoms with Crippen LogP contribution in [0.15, 0.2) is 34.7 Å². The number of furan rings is 1. The molecular formula is C19H19FN4O3. The van der Waals surface area contributed by atoms with Crippen LogP contribution in [0.5, 0.6) is 0 Å². The van der Waals surface area contributed by atoms with Crippen LogP contribution in [0.2, 0.25) is 0 Å². The van der Waals surface area contributed by atoms with Crippen molar-refractivity contribution in [2.45, 2.75) is 33.0 Å². The predicted molar refractivity (Wildman–Crippen MR) is 95.3 cm³/mol. The average molecular weight is 370 g/mol. The number of para-hydroxylation sites is 1. The Morgan fingerprint density at radius 2 is 2.15 bits per heavy atom. The summed E-state index contributed by atoms with van der Waals surface area (Å²) in [6.45, 7) is 3.57. The zero-order valence-electron chi connectivity index (χ0n) is 14.9. The molecule has 7 nitrogen and oxygen atoms in total. The van der Waals surface area contributed by atoms with Crippen LogP contribution < -0.4 is 5.32 Å². The maximum atomic E-state index is 13.8. The highest BCUT2D eigenvalue weighted by Gasteiger charge is 2.26. The Balaban J connectivity index is 1.50. The molecule has 0 aliphatic carbocycles. The van der Waals surface area contributed by atoms with Gasteiger partial charge in [0.1, 0.15) is 0 Å². The van der Waals surface area contributed by atoms with Gasteiger partial charge >= 0.3 is 0 Å². The van der Waals surface area contributed by atoms with Crippen molar-refractivity contribution in [3.63, 3.8) is 0 Å². The fourth-order valence-electron chi connectivity index (χ4n) is 3.19. The van der Waals surface area contributed by atoms with E-state index in [2.05, 4.69) is 10.4 Å². The lowest BCUT2D eigenvalue weighted by Crippen LogP contribution is -2.38.